The average Bonchev–Trinajstić information content (AvgIpc) is 3.68. The van der Waals surface area contributed by atoms with Crippen molar-refractivity contribution in [2.75, 3.05) is 0 Å². The average molecular weight is 761 g/mol. The third-order valence-corrected chi connectivity index (χ3v) is 69.5. The first-order valence-corrected chi connectivity index (χ1v) is 35.6. The van der Waals surface area contributed by atoms with Gasteiger partial charge in [0.1, 0.15) is 0 Å². The molecule has 0 radical (unpaired) electrons. The summed E-state index contributed by atoms with van der Waals surface area (Å²) >= 11 is -3.81. The molecule has 0 amide bonds. The van der Waals surface area contributed by atoms with Crippen LogP contribution in [0.3, 0.4) is 0 Å². The van der Waals surface area contributed by atoms with Gasteiger partial charge in [-0.05, 0) is 0 Å². The zero-order valence-corrected chi connectivity index (χ0v) is 32.7. The molecule has 0 saturated carbocycles. The maximum absolute atomic E-state index is 3.81. The van der Waals surface area contributed by atoms with E-state index in [9.17, 15) is 0 Å². The Labute approximate surface area is 268 Å². The molecule has 0 fully saturated rings. The van der Waals surface area contributed by atoms with Crippen LogP contribution in [-0.4, -0.2) is 5.49 Å². The van der Waals surface area contributed by atoms with E-state index in [1.165, 1.54) is 56.6 Å². The van der Waals surface area contributed by atoms with Gasteiger partial charge < -0.3 is 0 Å². The van der Waals surface area contributed by atoms with Crippen molar-refractivity contribution in [2.24, 2.45) is 0 Å². The van der Waals surface area contributed by atoms with E-state index in [1.54, 1.807) is 11.1 Å². The fourth-order valence-electron chi connectivity index (χ4n) is 8.85. The molecule has 0 nitrogen and oxygen atoms in total. The van der Waals surface area contributed by atoms with Crippen LogP contribution in [0.15, 0.2) is 97.1 Å². The molecule has 0 spiro atoms. The van der Waals surface area contributed by atoms with Gasteiger partial charge in [-0.2, -0.15) is 0 Å². The summed E-state index contributed by atoms with van der Waals surface area (Å²) in [5.74, 6) is 1.06. The summed E-state index contributed by atoms with van der Waals surface area (Å²) in [6, 6.07) is 35.6. The Morgan fingerprint density at radius 1 is 0.591 bits per heavy atom. The van der Waals surface area contributed by atoms with Crippen molar-refractivity contribution in [2.45, 2.75) is 82.2 Å². The molecule has 2 heteroatoms. The summed E-state index contributed by atoms with van der Waals surface area (Å²) in [5, 5.41) is 0. The molecule has 4 aromatic carbocycles. The number of allylic oxidation sites excluding steroid dienone is 2. The fourth-order valence-corrected chi connectivity index (χ4v) is 65.1. The van der Waals surface area contributed by atoms with Crippen LogP contribution in [0.1, 0.15) is 94.1 Å². The first-order chi connectivity index (χ1) is 21.1. The van der Waals surface area contributed by atoms with E-state index in [0.717, 1.165) is 0 Å². The van der Waals surface area contributed by atoms with Gasteiger partial charge >= 0.3 is 270 Å². The van der Waals surface area contributed by atoms with Crippen LogP contribution in [0.2, 0.25) is 21.4 Å². The minimum absolute atomic E-state index is 0.528. The topological polar surface area (TPSA) is 0 Å². The molecule has 4 aromatic rings. The summed E-state index contributed by atoms with van der Waals surface area (Å²) in [6.45, 7) is 14.2. The molecule has 6 rings (SSSR count). The van der Waals surface area contributed by atoms with E-state index in [1.807, 2.05) is 0 Å². The van der Waals surface area contributed by atoms with E-state index in [0.29, 0.717) is 19.2 Å². The van der Waals surface area contributed by atoms with Gasteiger partial charge in [-0.15, -0.1) is 0 Å². The molecular weight excluding hydrogens is 711 g/mol. The van der Waals surface area contributed by atoms with E-state index in [2.05, 4.69) is 160 Å². The second-order valence-electron chi connectivity index (χ2n) is 14.8. The molecule has 0 heterocycles. The van der Waals surface area contributed by atoms with Gasteiger partial charge in [0.25, 0.3) is 0 Å². The molecule has 0 aliphatic heterocycles. The summed E-state index contributed by atoms with van der Waals surface area (Å²) in [4.78, 5) is 0. The van der Waals surface area contributed by atoms with Crippen LogP contribution >= 0.6 is 0 Å². The molecule has 0 bridgehead atoms. The molecule has 2 aliphatic carbocycles. The van der Waals surface area contributed by atoms with Gasteiger partial charge in [0.2, 0.25) is 0 Å². The van der Waals surface area contributed by atoms with Crippen molar-refractivity contribution < 1.29 is 17.1 Å². The van der Waals surface area contributed by atoms with Gasteiger partial charge in [0, 0.05) is 0 Å². The van der Waals surface area contributed by atoms with Crippen LogP contribution in [-0.2, 0) is 17.1 Å². The predicted molar refractivity (Wildman–Crippen MR) is 194 cm³/mol. The van der Waals surface area contributed by atoms with Gasteiger partial charge in [-0.1, -0.05) is 0 Å². The van der Waals surface area contributed by atoms with Crippen molar-refractivity contribution in [1.82, 2.24) is 0 Å². The monoisotopic (exact) mass is 762 g/mol. The van der Waals surface area contributed by atoms with Crippen molar-refractivity contribution in [3.05, 3.63) is 130 Å². The molecule has 0 N–H and O–H groups in total. The van der Waals surface area contributed by atoms with Gasteiger partial charge in [-0.25, -0.2) is 0 Å². The third-order valence-electron chi connectivity index (χ3n) is 11.5. The van der Waals surface area contributed by atoms with Crippen LogP contribution < -0.4 is 0 Å². The Kier molecular flexibility index (Phi) is 8.57. The first kappa shape index (κ1) is 31.4. The summed E-state index contributed by atoms with van der Waals surface area (Å²) < 4.78 is 6.89. The number of rotatable bonds is 8. The third kappa shape index (κ3) is 5.05. The number of hydrogen-bond acceptors (Lipinski definition) is 0. The Hall–Kier alpha value is -2.55. The predicted octanol–water partition coefficient (Wildman–Crippen LogP) is 12.9. The molecular formula is C42H50HfSi. The zero-order chi connectivity index (χ0) is 31.2. The van der Waals surface area contributed by atoms with E-state index in [4.69, 9.17) is 0 Å². The standard InChI is InChI=1S/2C18H17.C4H10Si.2CH3.Hf/c2*1-13(2)15-8-3-9-16(12-15)18-11-5-7-14-6-4-10-17(14)18;1-3-5-4-2;;;/h2*3-13H,1-2H3;3-4H2,1-2H3;2*1H3;. The molecule has 0 saturated heterocycles. The van der Waals surface area contributed by atoms with Crippen LogP contribution in [0.25, 0.3) is 34.4 Å². The number of fused-ring (bicyclic) bond motifs is 2. The van der Waals surface area contributed by atoms with Crippen molar-refractivity contribution in [3.8, 4) is 22.3 Å². The molecule has 2 aliphatic rings. The van der Waals surface area contributed by atoms with Crippen molar-refractivity contribution in [1.29, 1.82) is 0 Å². The van der Waals surface area contributed by atoms with Crippen molar-refractivity contribution >= 4 is 17.6 Å². The SMILES string of the molecule is CC[Si](CC)=[Hf]([CH3])([CH3])([CH]1C=Cc2c(-c3cccc(C(C)C)c3)cccc21)[CH]1C=Cc2c(-c3cccc(C(C)C)c3)cccc21. The van der Waals surface area contributed by atoms with Crippen LogP contribution in [0.4, 0.5) is 0 Å². The molecule has 0 aromatic heterocycles. The van der Waals surface area contributed by atoms with Gasteiger partial charge in [0.05, 0.1) is 0 Å². The van der Waals surface area contributed by atoms with Gasteiger partial charge in [-0.3, -0.25) is 0 Å². The Morgan fingerprint density at radius 2 is 1.00 bits per heavy atom. The summed E-state index contributed by atoms with van der Waals surface area (Å²) in [5.41, 5.74) is 13.9. The van der Waals surface area contributed by atoms with Crippen LogP contribution in [0, 0.1) is 0 Å². The molecule has 2 unspecified atom stereocenters. The normalized spacial score (nSPS) is 17.4. The fraction of sp³-hybridized carbons (Fsp3) is 0.333. The Bertz CT molecular complexity index is 1730. The Balaban J connectivity index is 1.52. The van der Waals surface area contributed by atoms with Gasteiger partial charge in [0.15, 0.2) is 0 Å². The number of benzene rings is 4. The van der Waals surface area contributed by atoms with E-state index < -0.39 is 22.6 Å². The second-order valence-corrected chi connectivity index (χ2v) is 61.1. The van der Waals surface area contributed by atoms with Crippen LogP contribution in [0.5, 0.6) is 0 Å². The summed E-state index contributed by atoms with van der Waals surface area (Å²) in [7, 11) is 0. The minimum atomic E-state index is -3.81. The zero-order valence-electron chi connectivity index (χ0n) is 28.1. The second kappa shape index (κ2) is 12.0. The maximum atomic E-state index is 2.88. The first-order valence-electron chi connectivity index (χ1n) is 17.0. The molecule has 226 valence electrons. The van der Waals surface area contributed by atoms with E-state index >= 15 is 0 Å². The van der Waals surface area contributed by atoms with E-state index in [-0.39, 0.29) is 0 Å². The Morgan fingerprint density at radius 3 is 1.39 bits per heavy atom. The number of hydrogen-bond donors (Lipinski definition) is 0. The summed E-state index contributed by atoms with van der Waals surface area (Å²) in [6.07, 6.45) is 10.4. The molecule has 44 heavy (non-hydrogen) atoms. The molecule has 2 atom stereocenters. The van der Waals surface area contributed by atoms with Crippen molar-refractivity contribution in [3.63, 3.8) is 0 Å². The quantitative estimate of drug-likeness (QED) is 0.157.